The second-order valence-electron chi connectivity index (χ2n) is 7.55. The number of nitrogens with zero attached hydrogens (tertiary/aromatic N) is 2. The number of aliphatic carboxylic acids is 1. The molecule has 0 aliphatic carbocycles. The van der Waals surface area contributed by atoms with Crippen molar-refractivity contribution in [3.63, 3.8) is 0 Å². The predicted molar refractivity (Wildman–Crippen MR) is 122 cm³/mol. The lowest BCUT2D eigenvalue weighted by Crippen LogP contribution is -2.04. The number of rotatable bonds is 12. The Morgan fingerprint density at radius 3 is 2.48 bits per heavy atom. The molecule has 3 rings (SSSR count). The summed E-state index contributed by atoms with van der Waals surface area (Å²) in [5.41, 5.74) is 2.81. The molecular formula is C24H29ClN2O4. The lowest BCUT2D eigenvalue weighted by molar-refractivity contribution is -0.137. The van der Waals surface area contributed by atoms with Crippen LogP contribution in [0.2, 0.25) is 5.02 Å². The van der Waals surface area contributed by atoms with Gasteiger partial charge in [0.2, 0.25) is 0 Å². The lowest BCUT2D eigenvalue weighted by Gasteiger charge is -2.12. The van der Waals surface area contributed by atoms with Crippen molar-refractivity contribution in [3.8, 4) is 11.5 Å². The van der Waals surface area contributed by atoms with Crippen molar-refractivity contribution in [3.05, 3.63) is 52.8 Å². The number of unbranched alkanes of at least 4 members (excludes halogenated alkanes) is 2. The fourth-order valence-electron chi connectivity index (χ4n) is 3.38. The van der Waals surface area contributed by atoms with E-state index in [1.54, 1.807) is 0 Å². The zero-order valence-corrected chi connectivity index (χ0v) is 18.8. The van der Waals surface area contributed by atoms with Crippen LogP contribution in [0.4, 0.5) is 0 Å². The Hall–Kier alpha value is -2.73. The summed E-state index contributed by atoms with van der Waals surface area (Å²) < 4.78 is 13.6. The van der Waals surface area contributed by atoms with Crippen LogP contribution >= 0.6 is 11.6 Å². The number of benzene rings is 2. The van der Waals surface area contributed by atoms with Gasteiger partial charge in [0.05, 0.1) is 30.8 Å². The number of halogens is 1. The van der Waals surface area contributed by atoms with Crippen LogP contribution in [0.15, 0.2) is 36.4 Å². The highest BCUT2D eigenvalue weighted by molar-refractivity contribution is 6.31. The van der Waals surface area contributed by atoms with E-state index in [4.69, 9.17) is 26.2 Å². The predicted octanol–water partition coefficient (Wildman–Crippen LogP) is 5.86. The van der Waals surface area contributed by atoms with Crippen molar-refractivity contribution in [1.29, 1.82) is 0 Å². The molecule has 166 valence electrons. The molecule has 7 heteroatoms. The number of hydrogen-bond acceptors (Lipinski definition) is 4. The maximum atomic E-state index is 10.6. The summed E-state index contributed by atoms with van der Waals surface area (Å²) in [7, 11) is 0. The molecule has 1 heterocycles. The number of carbonyl (C=O) groups is 1. The molecule has 31 heavy (non-hydrogen) atoms. The molecule has 0 bridgehead atoms. The van der Waals surface area contributed by atoms with E-state index in [2.05, 4.69) is 16.5 Å². The van der Waals surface area contributed by atoms with Crippen LogP contribution in [-0.4, -0.2) is 33.8 Å². The normalized spacial score (nSPS) is 11.1. The van der Waals surface area contributed by atoms with Crippen LogP contribution in [0, 0.1) is 6.92 Å². The maximum Gasteiger partial charge on any atom is 0.303 e. The smallest absolute Gasteiger partial charge is 0.303 e. The molecule has 0 atom stereocenters. The molecule has 0 amide bonds. The van der Waals surface area contributed by atoms with Crippen LogP contribution in [0.25, 0.3) is 11.0 Å². The van der Waals surface area contributed by atoms with Gasteiger partial charge in [0.1, 0.15) is 17.3 Å². The standard InChI is InChI=1S/C24H29ClN2O4/c1-3-4-5-12-30-19-9-8-18(21(25)14-19)16-27-17(2)26-22-11-10-20(15-23(22)27)31-13-6-7-24(28)29/h8-11,14-15H,3-7,12-13,16H2,1-2H3,(H,28,29). The first kappa shape index (κ1) is 22.9. The van der Waals surface area contributed by atoms with E-state index in [0.717, 1.165) is 47.4 Å². The van der Waals surface area contributed by atoms with Crippen molar-refractivity contribution in [2.24, 2.45) is 0 Å². The van der Waals surface area contributed by atoms with Crippen molar-refractivity contribution in [2.75, 3.05) is 13.2 Å². The SMILES string of the molecule is CCCCCOc1ccc(Cn2c(C)nc3ccc(OCCCC(=O)O)cc32)c(Cl)c1. The van der Waals surface area contributed by atoms with E-state index in [0.29, 0.717) is 37.0 Å². The molecule has 1 aromatic heterocycles. The topological polar surface area (TPSA) is 73.6 Å². The minimum Gasteiger partial charge on any atom is -0.494 e. The summed E-state index contributed by atoms with van der Waals surface area (Å²) >= 11 is 6.54. The maximum absolute atomic E-state index is 10.6. The van der Waals surface area contributed by atoms with E-state index in [1.165, 1.54) is 0 Å². The summed E-state index contributed by atoms with van der Waals surface area (Å²) in [5, 5.41) is 9.41. The lowest BCUT2D eigenvalue weighted by atomic mass is 10.2. The van der Waals surface area contributed by atoms with Gasteiger partial charge in [0.15, 0.2) is 0 Å². The Bertz CT molecular complexity index is 1030. The number of fused-ring (bicyclic) bond motifs is 1. The van der Waals surface area contributed by atoms with Gasteiger partial charge in [-0.05, 0) is 49.6 Å². The van der Waals surface area contributed by atoms with Gasteiger partial charge in [-0.2, -0.15) is 0 Å². The molecule has 0 unspecified atom stereocenters. The third-order valence-corrected chi connectivity index (χ3v) is 5.44. The van der Waals surface area contributed by atoms with Crippen molar-refractivity contribution >= 4 is 28.6 Å². The number of carboxylic acids is 1. The molecule has 0 saturated carbocycles. The molecule has 0 fully saturated rings. The van der Waals surface area contributed by atoms with Crippen molar-refractivity contribution in [1.82, 2.24) is 9.55 Å². The fraction of sp³-hybridized carbons (Fsp3) is 0.417. The van der Waals surface area contributed by atoms with Gasteiger partial charge < -0.3 is 19.1 Å². The largest absolute Gasteiger partial charge is 0.494 e. The highest BCUT2D eigenvalue weighted by Gasteiger charge is 2.12. The molecule has 6 nitrogen and oxygen atoms in total. The molecule has 0 radical (unpaired) electrons. The van der Waals surface area contributed by atoms with E-state index in [9.17, 15) is 4.79 Å². The average Bonchev–Trinajstić information content (AvgIpc) is 3.05. The fourth-order valence-corrected chi connectivity index (χ4v) is 3.61. The zero-order valence-electron chi connectivity index (χ0n) is 18.1. The van der Waals surface area contributed by atoms with Gasteiger partial charge in [0, 0.05) is 17.5 Å². The number of imidazole rings is 1. The van der Waals surface area contributed by atoms with Crippen LogP contribution in [-0.2, 0) is 11.3 Å². The summed E-state index contributed by atoms with van der Waals surface area (Å²) in [5.74, 6) is 1.55. The molecule has 2 aromatic carbocycles. The number of aromatic nitrogens is 2. The third-order valence-electron chi connectivity index (χ3n) is 5.08. The Kier molecular flexibility index (Phi) is 8.18. The quantitative estimate of drug-likeness (QED) is 0.354. The molecular weight excluding hydrogens is 416 g/mol. The number of hydrogen-bond donors (Lipinski definition) is 1. The van der Waals surface area contributed by atoms with Crippen molar-refractivity contribution in [2.45, 2.75) is 52.5 Å². The molecule has 3 aromatic rings. The summed E-state index contributed by atoms with van der Waals surface area (Å²) in [6.45, 7) is 5.77. The van der Waals surface area contributed by atoms with E-state index < -0.39 is 5.97 Å². The van der Waals surface area contributed by atoms with Crippen LogP contribution in [0.1, 0.15) is 50.4 Å². The molecule has 0 saturated heterocycles. The number of aryl methyl sites for hydroxylation is 1. The summed E-state index contributed by atoms with van der Waals surface area (Å²) in [6, 6.07) is 11.5. The van der Waals surface area contributed by atoms with Crippen molar-refractivity contribution < 1.29 is 19.4 Å². The van der Waals surface area contributed by atoms with E-state index in [-0.39, 0.29) is 6.42 Å². The molecule has 1 N–H and O–H groups in total. The molecule has 0 spiro atoms. The number of carboxylic acid groups (broad SMARTS) is 1. The van der Waals surface area contributed by atoms with Crippen LogP contribution in [0.5, 0.6) is 11.5 Å². The van der Waals surface area contributed by atoms with Crippen LogP contribution < -0.4 is 9.47 Å². The zero-order chi connectivity index (χ0) is 22.2. The van der Waals surface area contributed by atoms with Crippen LogP contribution in [0.3, 0.4) is 0 Å². The minimum absolute atomic E-state index is 0.0934. The first-order valence-corrected chi connectivity index (χ1v) is 11.1. The Morgan fingerprint density at radius 2 is 1.77 bits per heavy atom. The Morgan fingerprint density at radius 1 is 1.06 bits per heavy atom. The second kappa shape index (κ2) is 11.0. The molecule has 0 aliphatic heterocycles. The highest BCUT2D eigenvalue weighted by atomic mass is 35.5. The van der Waals surface area contributed by atoms with Gasteiger partial charge in [-0.15, -0.1) is 0 Å². The Labute approximate surface area is 187 Å². The summed E-state index contributed by atoms with van der Waals surface area (Å²) in [4.78, 5) is 15.3. The number of ether oxygens (including phenoxy) is 2. The van der Waals surface area contributed by atoms with Gasteiger partial charge >= 0.3 is 5.97 Å². The first-order valence-electron chi connectivity index (χ1n) is 10.7. The summed E-state index contributed by atoms with van der Waals surface area (Å²) in [6.07, 6.45) is 3.92. The van der Waals surface area contributed by atoms with E-state index in [1.807, 2.05) is 43.3 Å². The van der Waals surface area contributed by atoms with Gasteiger partial charge in [0.25, 0.3) is 0 Å². The van der Waals surface area contributed by atoms with E-state index >= 15 is 0 Å². The monoisotopic (exact) mass is 444 g/mol. The Balaban J connectivity index is 1.72. The minimum atomic E-state index is -0.818. The third kappa shape index (κ3) is 6.37. The highest BCUT2D eigenvalue weighted by Crippen LogP contribution is 2.27. The molecule has 0 aliphatic rings. The van der Waals surface area contributed by atoms with Gasteiger partial charge in [-0.3, -0.25) is 4.79 Å². The average molecular weight is 445 g/mol. The van der Waals surface area contributed by atoms with Gasteiger partial charge in [-0.1, -0.05) is 37.4 Å². The second-order valence-corrected chi connectivity index (χ2v) is 7.96. The first-order chi connectivity index (χ1) is 15.0. The van der Waals surface area contributed by atoms with Gasteiger partial charge in [-0.25, -0.2) is 4.98 Å².